The smallest absolute Gasteiger partial charge is 0.387 e. The van der Waals surface area contributed by atoms with E-state index in [2.05, 4.69) is 25.3 Å². The average Bonchev–Trinajstić information content (AvgIpc) is 2.69. The number of rotatable bonds is 10. The summed E-state index contributed by atoms with van der Waals surface area (Å²) in [5.74, 6) is 1.38. The number of alkyl halides is 2. The van der Waals surface area contributed by atoms with Crippen molar-refractivity contribution in [1.82, 2.24) is 15.5 Å². The number of hydrogen-bond acceptors (Lipinski definition) is 4. The van der Waals surface area contributed by atoms with Gasteiger partial charge in [0, 0.05) is 37.3 Å². The predicted molar refractivity (Wildman–Crippen MR) is 131 cm³/mol. The van der Waals surface area contributed by atoms with E-state index in [0.717, 1.165) is 17.9 Å². The molecule has 0 spiro atoms. The van der Waals surface area contributed by atoms with Gasteiger partial charge in [0.2, 0.25) is 0 Å². The van der Waals surface area contributed by atoms with Gasteiger partial charge in [-0.05, 0) is 50.0 Å². The van der Waals surface area contributed by atoms with Gasteiger partial charge >= 0.3 is 6.61 Å². The lowest BCUT2D eigenvalue weighted by atomic mass is 10.2. The molecule has 2 aromatic carbocycles. The molecule has 10 heteroatoms. The maximum atomic E-state index is 12.6. The number of nitrogens with one attached hydrogen (secondary N) is 2. The molecule has 0 aliphatic heterocycles. The Kier molecular flexibility index (Phi) is 12.5. The third-order valence-electron chi connectivity index (χ3n) is 4.07. The third kappa shape index (κ3) is 10.3. The summed E-state index contributed by atoms with van der Waals surface area (Å²) in [5, 5.41) is 6.70. The Morgan fingerprint density at radius 3 is 2.55 bits per heavy atom. The van der Waals surface area contributed by atoms with Gasteiger partial charge in [-0.2, -0.15) is 8.78 Å². The van der Waals surface area contributed by atoms with Crippen LogP contribution in [0.3, 0.4) is 0 Å². The van der Waals surface area contributed by atoms with Gasteiger partial charge in [0.1, 0.15) is 18.1 Å². The standard InChI is InChI=1S/C21H27ClF2N4O2.HI/c1-25-21(27-14-16-12-17(22)7-8-19(16)30-20(23)24)26-13-15-5-4-6-18(11-15)29-10-9-28(2)3;/h4-8,11-12,20H,9-10,13-14H2,1-3H3,(H2,25,26,27);1H. The van der Waals surface area contributed by atoms with E-state index in [-0.39, 0.29) is 36.3 Å². The second-order valence-corrected chi connectivity index (χ2v) is 7.15. The van der Waals surface area contributed by atoms with Gasteiger partial charge in [-0.3, -0.25) is 4.99 Å². The zero-order valence-electron chi connectivity index (χ0n) is 17.7. The molecule has 0 heterocycles. The van der Waals surface area contributed by atoms with Crippen molar-refractivity contribution >= 4 is 41.5 Å². The van der Waals surface area contributed by atoms with Crippen molar-refractivity contribution in [2.75, 3.05) is 34.3 Å². The van der Waals surface area contributed by atoms with E-state index in [9.17, 15) is 8.78 Å². The Bertz CT molecular complexity index is 841. The number of ether oxygens (including phenoxy) is 2. The first-order chi connectivity index (χ1) is 14.4. The molecular formula is C21H28ClF2IN4O2. The second kappa shape index (κ2) is 14.3. The fourth-order valence-electron chi connectivity index (χ4n) is 2.57. The molecule has 0 saturated carbocycles. The largest absolute Gasteiger partial charge is 0.492 e. The number of benzene rings is 2. The highest BCUT2D eigenvalue weighted by Crippen LogP contribution is 2.24. The zero-order chi connectivity index (χ0) is 21.9. The van der Waals surface area contributed by atoms with Crippen molar-refractivity contribution in [3.05, 3.63) is 58.6 Å². The molecule has 0 unspecified atom stereocenters. The Morgan fingerprint density at radius 1 is 1.13 bits per heavy atom. The van der Waals surface area contributed by atoms with Crippen LogP contribution in [0.2, 0.25) is 5.02 Å². The number of guanidine groups is 1. The molecule has 0 fully saturated rings. The molecule has 0 aliphatic carbocycles. The van der Waals surface area contributed by atoms with Crippen molar-refractivity contribution in [2.24, 2.45) is 4.99 Å². The van der Waals surface area contributed by atoms with Gasteiger partial charge in [-0.1, -0.05) is 23.7 Å². The van der Waals surface area contributed by atoms with Crippen molar-refractivity contribution in [3.8, 4) is 11.5 Å². The van der Waals surface area contributed by atoms with Crippen molar-refractivity contribution in [2.45, 2.75) is 19.7 Å². The van der Waals surface area contributed by atoms with E-state index in [1.165, 1.54) is 12.1 Å². The highest BCUT2D eigenvalue weighted by Gasteiger charge is 2.11. The molecular weight excluding hydrogens is 541 g/mol. The molecule has 31 heavy (non-hydrogen) atoms. The highest BCUT2D eigenvalue weighted by molar-refractivity contribution is 14.0. The molecule has 0 amide bonds. The maximum Gasteiger partial charge on any atom is 0.387 e. The van der Waals surface area contributed by atoms with E-state index in [0.29, 0.717) is 29.7 Å². The summed E-state index contributed by atoms with van der Waals surface area (Å²) in [7, 11) is 5.62. The lowest BCUT2D eigenvalue weighted by Crippen LogP contribution is -2.36. The molecule has 0 atom stereocenters. The van der Waals surface area contributed by atoms with Gasteiger partial charge < -0.3 is 25.0 Å². The number of aliphatic imine (C=N–C) groups is 1. The van der Waals surface area contributed by atoms with Crippen LogP contribution < -0.4 is 20.1 Å². The Morgan fingerprint density at radius 2 is 1.87 bits per heavy atom. The van der Waals surface area contributed by atoms with Crippen LogP contribution in [-0.2, 0) is 13.1 Å². The zero-order valence-corrected chi connectivity index (χ0v) is 20.8. The summed E-state index contributed by atoms with van der Waals surface area (Å²) >= 11 is 5.98. The third-order valence-corrected chi connectivity index (χ3v) is 4.31. The molecule has 2 rings (SSSR count). The predicted octanol–water partition coefficient (Wildman–Crippen LogP) is 4.37. The van der Waals surface area contributed by atoms with Gasteiger partial charge in [0.25, 0.3) is 0 Å². The van der Waals surface area contributed by atoms with Crippen molar-refractivity contribution in [3.63, 3.8) is 0 Å². The average molecular weight is 569 g/mol. The van der Waals surface area contributed by atoms with Gasteiger partial charge in [0.05, 0.1) is 0 Å². The van der Waals surface area contributed by atoms with Crippen LogP contribution in [0.25, 0.3) is 0 Å². The molecule has 0 saturated heterocycles. The van der Waals surface area contributed by atoms with Crippen LogP contribution in [0.4, 0.5) is 8.78 Å². The lowest BCUT2D eigenvalue weighted by molar-refractivity contribution is -0.0504. The fraction of sp³-hybridized carbons (Fsp3) is 0.381. The van der Waals surface area contributed by atoms with Crippen molar-refractivity contribution in [1.29, 1.82) is 0 Å². The first-order valence-corrected chi connectivity index (χ1v) is 9.79. The monoisotopic (exact) mass is 568 g/mol. The Labute approximate surface area is 204 Å². The van der Waals surface area contributed by atoms with E-state index in [1.807, 2.05) is 38.4 Å². The summed E-state index contributed by atoms with van der Waals surface area (Å²) < 4.78 is 35.5. The van der Waals surface area contributed by atoms with Crippen LogP contribution >= 0.6 is 35.6 Å². The van der Waals surface area contributed by atoms with E-state index >= 15 is 0 Å². The minimum atomic E-state index is -2.91. The molecule has 2 N–H and O–H groups in total. The van der Waals surface area contributed by atoms with Gasteiger partial charge in [-0.25, -0.2) is 0 Å². The number of likely N-dealkylation sites (N-methyl/N-ethyl adjacent to an activating group) is 1. The van der Waals surface area contributed by atoms with E-state index in [1.54, 1.807) is 13.1 Å². The Hall–Kier alpha value is -1.85. The molecule has 2 aromatic rings. The number of hydrogen-bond donors (Lipinski definition) is 2. The first-order valence-electron chi connectivity index (χ1n) is 9.41. The summed E-state index contributed by atoms with van der Waals surface area (Å²) in [5.41, 5.74) is 1.52. The molecule has 0 aromatic heterocycles. The van der Waals surface area contributed by atoms with Crippen LogP contribution in [-0.4, -0.2) is 51.8 Å². The van der Waals surface area contributed by atoms with E-state index < -0.39 is 6.61 Å². The van der Waals surface area contributed by atoms with E-state index in [4.69, 9.17) is 16.3 Å². The van der Waals surface area contributed by atoms with Crippen LogP contribution in [0.15, 0.2) is 47.5 Å². The van der Waals surface area contributed by atoms with Gasteiger partial charge in [-0.15, -0.1) is 24.0 Å². The molecule has 6 nitrogen and oxygen atoms in total. The number of halogens is 4. The number of nitrogens with zero attached hydrogens (tertiary/aromatic N) is 2. The first kappa shape index (κ1) is 27.2. The van der Waals surface area contributed by atoms with Gasteiger partial charge in [0.15, 0.2) is 5.96 Å². The maximum absolute atomic E-state index is 12.6. The van der Waals surface area contributed by atoms with Crippen LogP contribution in [0.5, 0.6) is 11.5 Å². The van der Waals surface area contributed by atoms with Crippen LogP contribution in [0, 0.1) is 0 Å². The Balaban J connectivity index is 0.00000480. The summed E-state index contributed by atoms with van der Waals surface area (Å²) in [4.78, 5) is 6.21. The lowest BCUT2D eigenvalue weighted by Gasteiger charge is -2.15. The summed E-state index contributed by atoms with van der Waals surface area (Å²) in [6.07, 6.45) is 0. The quantitative estimate of drug-likeness (QED) is 0.253. The molecule has 0 aliphatic rings. The normalized spacial score (nSPS) is 11.3. The second-order valence-electron chi connectivity index (χ2n) is 6.71. The van der Waals surface area contributed by atoms with Crippen LogP contribution in [0.1, 0.15) is 11.1 Å². The summed E-state index contributed by atoms with van der Waals surface area (Å²) in [6, 6.07) is 12.3. The summed E-state index contributed by atoms with van der Waals surface area (Å²) in [6.45, 7) is -0.735. The molecule has 0 bridgehead atoms. The fourth-order valence-corrected chi connectivity index (χ4v) is 2.77. The SMILES string of the molecule is CN=C(NCc1cccc(OCCN(C)C)c1)NCc1cc(Cl)ccc1OC(F)F.I. The minimum absolute atomic E-state index is 0. The highest BCUT2D eigenvalue weighted by atomic mass is 127. The van der Waals surface area contributed by atoms with Crippen molar-refractivity contribution < 1.29 is 18.3 Å². The molecule has 0 radical (unpaired) electrons. The molecule has 172 valence electrons. The minimum Gasteiger partial charge on any atom is -0.492 e. The topological polar surface area (TPSA) is 58.1 Å².